The monoisotopic (exact) mass is 344 g/mol. The number of amides is 4. The fourth-order valence-electron chi connectivity index (χ4n) is 2.55. The van der Waals surface area contributed by atoms with Crippen LogP contribution in [0, 0.1) is 0 Å². The minimum atomic E-state index is -0.566. The lowest BCUT2D eigenvalue weighted by molar-refractivity contribution is 0.207. The molecular weight excluding hydrogens is 308 g/mol. The van der Waals surface area contributed by atoms with E-state index in [-0.39, 0.29) is 0 Å². The third-order valence-corrected chi connectivity index (χ3v) is 4.11. The summed E-state index contributed by atoms with van der Waals surface area (Å²) in [7, 11) is 0. The van der Waals surface area contributed by atoms with Crippen molar-refractivity contribution in [2.24, 2.45) is 23.2 Å². The van der Waals surface area contributed by atoms with Gasteiger partial charge in [-0.3, -0.25) is 10.0 Å². The van der Waals surface area contributed by atoms with Crippen molar-refractivity contribution in [2.75, 3.05) is 13.1 Å². The van der Waals surface area contributed by atoms with Gasteiger partial charge in [-0.05, 0) is 12.8 Å². The first-order valence-electron chi connectivity index (χ1n) is 9.08. The van der Waals surface area contributed by atoms with Crippen molar-refractivity contribution in [3.8, 4) is 0 Å². The maximum atomic E-state index is 10.7. The molecule has 0 spiro atoms. The van der Waals surface area contributed by atoms with Crippen molar-refractivity contribution in [3.63, 3.8) is 0 Å². The molecule has 4 amide bonds. The minimum Gasteiger partial charge on any atom is -0.350 e. The lowest BCUT2D eigenvalue weighted by Gasteiger charge is -2.12. The summed E-state index contributed by atoms with van der Waals surface area (Å²) in [5.74, 6) is 10.8. The van der Waals surface area contributed by atoms with E-state index >= 15 is 0 Å². The summed E-state index contributed by atoms with van der Waals surface area (Å²) >= 11 is 0. The van der Waals surface area contributed by atoms with Crippen LogP contribution in [0.1, 0.15) is 77.0 Å². The van der Waals surface area contributed by atoms with Crippen LogP contribution in [0.2, 0.25) is 0 Å². The molecule has 0 aromatic rings. The van der Waals surface area contributed by atoms with Crippen LogP contribution in [0.15, 0.2) is 0 Å². The van der Waals surface area contributed by atoms with Crippen molar-refractivity contribution < 1.29 is 9.59 Å². The van der Waals surface area contributed by atoms with Crippen LogP contribution in [-0.2, 0) is 0 Å². The Morgan fingerprint density at radius 1 is 0.500 bits per heavy atom. The first-order chi connectivity index (χ1) is 11.4. The fraction of sp³-hybridized carbons (Fsp3) is 0.875. The fourth-order valence-corrected chi connectivity index (χ4v) is 2.55. The smallest absolute Gasteiger partial charge is 0.328 e. The molecule has 0 atom stereocenters. The summed E-state index contributed by atoms with van der Waals surface area (Å²) in [6.45, 7) is 1.08. The molecule has 0 radical (unpaired) electrons. The quantitative estimate of drug-likeness (QED) is 0.156. The van der Waals surface area contributed by atoms with Crippen LogP contribution >= 0.6 is 0 Å². The van der Waals surface area contributed by atoms with Crippen LogP contribution in [0.4, 0.5) is 9.59 Å². The third kappa shape index (κ3) is 14.1. The number of hydrogen-bond acceptors (Lipinski definition) is 4. The van der Waals surface area contributed by atoms with E-state index in [9.17, 15) is 9.59 Å². The summed E-state index contributed by atoms with van der Waals surface area (Å²) in [4.78, 5) is 21.4. The number of carbonyl (C=O) groups excluding carboxylic acids is 2. The second-order valence-corrected chi connectivity index (χ2v) is 6.31. The van der Waals surface area contributed by atoms with Crippen molar-refractivity contribution in [1.82, 2.24) is 10.0 Å². The van der Waals surface area contributed by atoms with Gasteiger partial charge in [0.2, 0.25) is 0 Å². The van der Waals surface area contributed by atoms with Gasteiger partial charge in [0.1, 0.15) is 0 Å². The molecule has 0 fully saturated rings. The highest BCUT2D eigenvalue weighted by atomic mass is 16.2. The lowest BCUT2D eigenvalue weighted by Crippen LogP contribution is -2.41. The highest BCUT2D eigenvalue weighted by molar-refractivity contribution is 5.71. The molecule has 0 heterocycles. The first kappa shape index (κ1) is 22.5. The van der Waals surface area contributed by atoms with Gasteiger partial charge >= 0.3 is 12.1 Å². The summed E-state index contributed by atoms with van der Waals surface area (Å²) < 4.78 is 0. The average Bonchev–Trinajstić information content (AvgIpc) is 2.54. The Balaban J connectivity index is 3.15. The second kappa shape index (κ2) is 15.0. The predicted octanol–water partition coefficient (Wildman–Crippen LogP) is 2.18. The van der Waals surface area contributed by atoms with E-state index in [1.54, 1.807) is 0 Å². The number of carbonyl (C=O) groups is 2. The number of nitrogens with zero attached hydrogens (tertiary/aromatic N) is 2. The molecule has 0 aliphatic heterocycles. The Bertz CT molecular complexity index is 309. The molecule has 8 N–H and O–H groups in total. The van der Waals surface area contributed by atoms with Gasteiger partial charge < -0.3 is 11.5 Å². The average molecular weight is 345 g/mol. The zero-order chi connectivity index (χ0) is 18.2. The Kier molecular flexibility index (Phi) is 14.1. The number of unbranched alkanes of at least 4 members (excludes halogenated alkanes) is 11. The molecule has 0 aromatic carbocycles. The molecule has 0 aromatic heterocycles. The van der Waals surface area contributed by atoms with Gasteiger partial charge in [0, 0.05) is 13.1 Å². The van der Waals surface area contributed by atoms with E-state index in [4.69, 9.17) is 23.2 Å². The largest absolute Gasteiger partial charge is 0.350 e. The Hall–Kier alpha value is -1.54. The van der Waals surface area contributed by atoms with Gasteiger partial charge in [-0.1, -0.05) is 64.2 Å². The highest BCUT2D eigenvalue weighted by Gasteiger charge is 2.03. The number of hydrogen-bond donors (Lipinski definition) is 4. The molecule has 8 heteroatoms. The highest BCUT2D eigenvalue weighted by Crippen LogP contribution is 2.12. The van der Waals surface area contributed by atoms with E-state index in [2.05, 4.69) is 0 Å². The van der Waals surface area contributed by atoms with E-state index < -0.39 is 12.1 Å². The summed E-state index contributed by atoms with van der Waals surface area (Å²) in [5, 5.41) is 2.14. The topological polar surface area (TPSA) is 145 Å². The van der Waals surface area contributed by atoms with Crippen LogP contribution in [0.25, 0.3) is 0 Å². The van der Waals surface area contributed by atoms with Gasteiger partial charge in [-0.2, -0.15) is 0 Å². The molecule has 8 nitrogen and oxygen atoms in total. The number of hydrazine groups is 2. The lowest BCUT2D eigenvalue weighted by atomic mass is 10.1. The summed E-state index contributed by atoms with van der Waals surface area (Å²) in [6, 6.07) is -1.13. The van der Waals surface area contributed by atoms with Crippen molar-refractivity contribution >= 4 is 12.1 Å². The van der Waals surface area contributed by atoms with E-state index in [1.165, 1.54) is 51.4 Å². The molecule has 0 unspecified atom stereocenters. The Morgan fingerprint density at radius 2 is 0.708 bits per heavy atom. The summed E-state index contributed by atoms with van der Waals surface area (Å²) in [6.07, 6.45) is 13.9. The molecule has 142 valence electrons. The number of rotatable bonds is 15. The van der Waals surface area contributed by atoms with Crippen LogP contribution in [-0.4, -0.2) is 35.2 Å². The second-order valence-electron chi connectivity index (χ2n) is 6.31. The van der Waals surface area contributed by atoms with Crippen LogP contribution in [0.5, 0.6) is 0 Å². The van der Waals surface area contributed by atoms with Crippen molar-refractivity contribution in [1.29, 1.82) is 0 Å². The van der Waals surface area contributed by atoms with Gasteiger partial charge in [0.15, 0.2) is 0 Å². The van der Waals surface area contributed by atoms with Gasteiger partial charge in [-0.15, -0.1) is 0 Å². The number of urea groups is 2. The van der Waals surface area contributed by atoms with Gasteiger partial charge in [0.05, 0.1) is 0 Å². The zero-order valence-electron chi connectivity index (χ0n) is 14.9. The summed E-state index contributed by atoms with van der Waals surface area (Å²) in [5.41, 5.74) is 10.1. The standard InChI is InChI=1S/C16H36N6O2/c17-15(23)21(19)13-11-9-7-5-3-1-2-4-6-8-10-12-14-22(20)16(18)24/h1-14,19-20H2,(H2,17,23)(H2,18,24). The molecule has 0 rings (SSSR count). The van der Waals surface area contributed by atoms with Crippen LogP contribution < -0.4 is 23.2 Å². The predicted molar refractivity (Wildman–Crippen MR) is 96.4 cm³/mol. The molecule has 0 saturated heterocycles. The molecule has 0 bridgehead atoms. The normalized spacial score (nSPS) is 10.6. The van der Waals surface area contributed by atoms with Crippen molar-refractivity contribution in [2.45, 2.75) is 77.0 Å². The zero-order valence-corrected chi connectivity index (χ0v) is 14.9. The Morgan fingerprint density at radius 3 is 0.917 bits per heavy atom. The Labute approximate surface area is 145 Å². The molecule has 0 saturated carbocycles. The maximum absolute atomic E-state index is 10.7. The van der Waals surface area contributed by atoms with E-state index in [0.717, 1.165) is 35.7 Å². The maximum Gasteiger partial charge on any atom is 0.328 e. The first-order valence-corrected chi connectivity index (χ1v) is 9.08. The number of primary amides is 2. The van der Waals surface area contributed by atoms with Gasteiger partial charge in [-0.25, -0.2) is 21.3 Å². The minimum absolute atomic E-state index is 0.538. The van der Waals surface area contributed by atoms with E-state index in [0.29, 0.717) is 13.1 Å². The van der Waals surface area contributed by atoms with Crippen molar-refractivity contribution in [3.05, 3.63) is 0 Å². The molecular formula is C16H36N6O2. The number of nitrogens with two attached hydrogens (primary N) is 4. The van der Waals surface area contributed by atoms with Gasteiger partial charge in [0.25, 0.3) is 0 Å². The molecule has 0 aliphatic carbocycles. The van der Waals surface area contributed by atoms with E-state index in [1.807, 2.05) is 0 Å². The molecule has 0 aliphatic rings. The third-order valence-electron chi connectivity index (χ3n) is 4.11. The SMILES string of the molecule is NC(=O)N(N)CCCCCCCCCCCCCCN(N)C(N)=O. The molecule has 24 heavy (non-hydrogen) atoms. The van der Waals surface area contributed by atoms with Crippen LogP contribution in [0.3, 0.4) is 0 Å².